The highest BCUT2D eigenvalue weighted by Crippen LogP contribution is 2.24. The second-order valence-electron chi connectivity index (χ2n) is 6.72. The van der Waals surface area contributed by atoms with Crippen molar-refractivity contribution in [3.63, 3.8) is 0 Å². The normalized spacial score (nSPS) is 30.3. The number of hydrogen-bond donors (Lipinski definition) is 1. The fourth-order valence-corrected chi connectivity index (χ4v) is 3.07. The molecule has 0 radical (unpaired) electrons. The van der Waals surface area contributed by atoms with Crippen molar-refractivity contribution in [1.29, 1.82) is 0 Å². The maximum absolute atomic E-state index is 3.77. The predicted octanol–water partition coefficient (Wildman–Crippen LogP) is 3.52. The van der Waals surface area contributed by atoms with Crippen molar-refractivity contribution in [3.05, 3.63) is 0 Å². The molecule has 1 rings (SSSR count). The third-order valence-electron chi connectivity index (χ3n) is 4.96. The monoisotopic (exact) mass is 254 g/mol. The summed E-state index contributed by atoms with van der Waals surface area (Å²) in [6, 6.07) is 0.713. The zero-order valence-corrected chi connectivity index (χ0v) is 13.4. The van der Waals surface area contributed by atoms with Gasteiger partial charge in [-0.1, -0.05) is 47.5 Å². The highest BCUT2D eigenvalue weighted by atomic mass is 15.3. The van der Waals surface area contributed by atoms with E-state index in [1.165, 1.54) is 32.4 Å². The van der Waals surface area contributed by atoms with E-state index in [0.717, 1.165) is 18.4 Å². The van der Waals surface area contributed by atoms with Crippen LogP contribution in [0.15, 0.2) is 0 Å². The quantitative estimate of drug-likeness (QED) is 0.780. The molecule has 2 nitrogen and oxygen atoms in total. The van der Waals surface area contributed by atoms with Gasteiger partial charge in [0.25, 0.3) is 0 Å². The summed E-state index contributed by atoms with van der Waals surface area (Å²) in [6.45, 7) is 17.7. The van der Waals surface area contributed by atoms with Crippen LogP contribution >= 0.6 is 0 Å². The molecular formula is C16H34N2. The average molecular weight is 254 g/mol. The average Bonchev–Trinajstić information content (AvgIpc) is 2.35. The van der Waals surface area contributed by atoms with Crippen LogP contribution in [0.4, 0.5) is 0 Å². The van der Waals surface area contributed by atoms with Gasteiger partial charge in [0, 0.05) is 31.2 Å². The molecule has 0 aromatic carbocycles. The molecule has 1 fully saturated rings. The Labute approximate surface area is 115 Å². The van der Waals surface area contributed by atoms with Crippen molar-refractivity contribution in [2.75, 3.05) is 19.6 Å². The minimum absolute atomic E-state index is 0.317. The van der Waals surface area contributed by atoms with E-state index in [9.17, 15) is 0 Å². The minimum Gasteiger partial charge on any atom is -0.309 e. The predicted molar refractivity (Wildman–Crippen MR) is 81.0 cm³/mol. The first-order valence-electron chi connectivity index (χ1n) is 7.94. The fraction of sp³-hybridized carbons (Fsp3) is 1.00. The van der Waals surface area contributed by atoms with Gasteiger partial charge in [0.15, 0.2) is 0 Å². The van der Waals surface area contributed by atoms with Crippen LogP contribution in [0.5, 0.6) is 0 Å². The van der Waals surface area contributed by atoms with Crippen molar-refractivity contribution < 1.29 is 0 Å². The number of nitrogens with zero attached hydrogens (tertiary/aromatic N) is 1. The Morgan fingerprint density at radius 2 is 1.83 bits per heavy atom. The van der Waals surface area contributed by atoms with E-state index in [-0.39, 0.29) is 0 Å². The Morgan fingerprint density at radius 1 is 1.22 bits per heavy atom. The molecule has 0 aromatic heterocycles. The van der Waals surface area contributed by atoms with Gasteiger partial charge in [-0.25, -0.2) is 0 Å². The van der Waals surface area contributed by atoms with Gasteiger partial charge in [-0.15, -0.1) is 0 Å². The lowest BCUT2D eigenvalue weighted by atomic mass is 9.88. The van der Waals surface area contributed by atoms with E-state index in [1.54, 1.807) is 0 Å². The van der Waals surface area contributed by atoms with Gasteiger partial charge in [0.2, 0.25) is 0 Å². The van der Waals surface area contributed by atoms with Gasteiger partial charge in [0.1, 0.15) is 0 Å². The molecule has 108 valence electrons. The molecule has 1 heterocycles. The van der Waals surface area contributed by atoms with Crippen molar-refractivity contribution in [3.8, 4) is 0 Å². The smallest absolute Gasteiger partial charge is 0.0278 e. The molecular weight excluding hydrogens is 220 g/mol. The number of rotatable bonds is 6. The molecule has 0 saturated carbocycles. The van der Waals surface area contributed by atoms with Gasteiger partial charge in [-0.05, 0) is 25.2 Å². The summed E-state index contributed by atoms with van der Waals surface area (Å²) < 4.78 is 0. The summed E-state index contributed by atoms with van der Waals surface area (Å²) in [4.78, 5) is 2.77. The Kier molecular flexibility index (Phi) is 6.13. The summed E-state index contributed by atoms with van der Waals surface area (Å²) in [6.07, 6.45) is 3.85. The van der Waals surface area contributed by atoms with E-state index in [2.05, 4.69) is 51.8 Å². The third-order valence-corrected chi connectivity index (χ3v) is 4.96. The Bertz CT molecular complexity index is 235. The summed E-state index contributed by atoms with van der Waals surface area (Å²) >= 11 is 0. The molecule has 2 unspecified atom stereocenters. The molecule has 0 aliphatic carbocycles. The van der Waals surface area contributed by atoms with E-state index >= 15 is 0 Å². The van der Waals surface area contributed by atoms with Gasteiger partial charge in [-0.2, -0.15) is 0 Å². The molecule has 0 spiro atoms. The SMILES string of the molecule is CCC(CC)CN1CC(C)(CC)NCC1C(C)C. The largest absolute Gasteiger partial charge is 0.309 e. The lowest BCUT2D eigenvalue weighted by molar-refractivity contribution is 0.0460. The molecule has 1 N–H and O–H groups in total. The van der Waals surface area contributed by atoms with Crippen LogP contribution in [0.25, 0.3) is 0 Å². The molecule has 0 aromatic rings. The zero-order valence-electron chi connectivity index (χ0n) is 13.4. The van der Waals surface area contributed by atoms with Gasteiger partial charge in [0.05, 0.1) is 0 Å². The first-order valence-corrected chi connectivity index (χ1v) is 7.94. The number of hydrogen-bond acceptors (Lipinski definition) is 2. The number of piperazine rings is 1. The Balaban J connectivity index is 2.72. The van der Waals surface area contributed by atoms with Crippen LogP contribution in [-0.2, 0) is 0 Å². The van der Waals surface area contributed by atoms with Crippen LogP contribution in [-0.4, -0.2) is 36.1 Å². The van der Waals surface area contributed by atoms with E-state index in [4.69, 9.17) is 0 Å². The number of nitrogens with one attached hydrogen (secondary N) is 1. The summed E-state index contributed by atoms with van der Waals surface area (Å²) in [5, 5.41) is 3.77. The molecule has 0 bridgehead atoms. The lowest BCUT2D eigenvalue weighted by Gasteiger charge is -2.48. The van der Waals surface area contributed by atoms with Crippen molar-refractivity contribution >= 4 is 0 Å². The van der Waals surface area contributed by atoms with Crippen molar-refractivity contribution in [1.82, 2.24) is 10.2 Å². The van der Waals surface area contributed by atoms with Crippen LogP contribution in [0.1, 0.15) is 60.8 Å². The van der Waals surface area contributed by atoms with E-state index in [0.29, 0.717) is 11.6 Å². The molecule has 0 amide bonds. The zero-order chi connectivity index (χ0) is 13.8. The maximum atomic E-state index is 3.77. The fourth-order valence-electron chi connectivity index (χ4n) is 3.07. The first-order chi connectivity index (χ1) is 8.45. The highest BCUT2D eigenvalue weighted by Gasteiger charge is 2.36. The van der Waals surface area contributed by atoms with Crippen LogP contribution < -0.4 is 5.32 Å². The van der Waals surface area contributed by atoms with Gasteiger partial charge in [-0.3, -0.25) is 4.90 Å². The lowest BCUT2D eigenvalue weighted by Crippen LogP contribution is -2.64. The van der Waals surface area contributed by atoms with E-state index < -0.39 is 0 Å². The summed E-state index contributed by atoms with van der Waals surface area (Å²) in [5.74, 6) is 1.61. The third kappa shape index (κ3) is 3.96. The molecule has 1 saturated heterocycles. The topological polar surface area (TPSA) is 15.3 Å². The first kappa shape index (κ1) is 16.0. The Hall–Kier alpha value is -0.0800. The van der Waals surface area contributed by atoms with Gasteiger partial charge >= 0.3 is 0 Å². The molecule has 1 aliphatic heterocycles. The molecule has 18 heavy (non-hydrogen) atoms. The maximum Gasteiger partial charge on any atom is 0.0278 e. The van der Waals surface area contributed by atoms with Crippen LogP contribution in [0, 0.1) is 11.8 Å². The molecule has 2 atom stereocenters. The van der Waals surface area contributed by atoms with Crippen LogP contribution in [0.2, 0.25) is 0 Å². The second-order valence-corrected chi connectivity index (χ2v) is 6.72. The minimum atomic E-state index is 0.317. The highest BCUT2D eigenvalue weighted by molar-refractivity contribution is 4.95. The van der Waals surface area contributed by atoms with Crippen molar-refractivity contribution in [2.45, 2.75) is 72.4 Å². The standard InChI is InChI=1S/C16H34N2/c1-7-14(8-2)11-18-12-16(6,9-3)17-10-15(18)13(4)5/h13-15,17H,7-12H2,1-6H3. The molecule has 1 aliphatic rings. The van der Waals surface area contributed by atoms with Gasteiger partial charge < -0.3 is 5.32 Å². The summed E-state index contributed by atoms with van der Waals surface area (Å²) in [7, 11) is 0. The van der Waals surface area contributed by atoms with E-state index in [1.807, 2.05) is 0 Å². The molecule has 2 heteroatoms. The van der Waals surface area contributed by atoms with Crippen LogP contribution in [0.3, 0.4) is 0 Å². The van der Waals surface area contributed by atoms with Crippen molar-refractivity contribution in [2.24, 2.45) is 11.8 Å². The Morgan fingerprint density at radius 3 is 2.28 bits per heavy atom. The summed E-state index contributed by atoms with van der Waals surface area (Å²) in [5.41, 5.74) is 0.317. The second kappa shape index (κ2) is 6.91.